The average Bonchev–Trinajstić information content (AvgIpc) is 3.18. The van der Waals surface area contributed by atoms with Crippen LogP contribution in [0, 0.1) is 23.7 Å². The van der Waals surface area contributed by atoms with Gasteiger partial charge < -0.3 is 15.0 Å². The van der Waals surface area contributed by atoms with Gasteiger partial charge in [0.25, 0.3) is 0 Å². The van der Waals surface area contributed by atoms with Gasteiger partial charge in [-0.1, -0.05) is 13.3 Å². The molecular weight excluding hydrogens is 292 g/mol. The molecule has 2 saturated heterocycles. The molecule has 2 amide bonds. The second kappa shape index (κ2) is 5.76. The molecule has 3 unspecified atom stereocenters. The zero-order valence-electron chi connectivity index (χ0n) is 14.1. The van der Waals surface area contributed by atoms with E-state index in [0.29, 0.717) is 24.3 Å². The normalized spacial score (nSPS) is 35.3. The Bertz CT molecular complexity index is 486. The topological polar surface area (TPSA) is 58.6 Å². The molecule has 2 heterocycles. The molecule has 2 aliphatic heterocycles. The molecule has 128 valence electrons. The van der Waals surface area contributed by atoms with Gasteiger partial charge in [0.2, 0.25) is 11.8 Å². The van der Waals surface area contributed by atoms with Crippen molar-refractivity contribution >= 4 is 11.8 Å². The predicted molar refractivity (Wildman–Crippen MR) is 85.6 cm³/mol. The van der Waals surface area contributed by atoms with Gasteiger partial charge in [-0.05, 0) is 43.9 Å². The first-order valence-corrected chi connectivity index (χ1v) is 9.27. The summed E-state index contributed by atoms with van der Waals surface area (Å²) in [6, 6.07) is 0. The second-order valence-corrected chi connectivity index (χ2v) is 8.29. The van der Waals surface area contributed by atoms with Crippen LogP contribution < -0.4 is 5.32 Å². The Morgan fingerprint density at radius 2 is 2.00 bits per heavy atom. The van der Waals surface area contributed by atoms with Gasteiger partial charge >= 0.3 is 0 Å². The van der Waals surface area contributed by atoms with Crippen molar-refractivity contribution in [3.05, 3.63) is 0 Å². The summed E-state index contributed by atoms with van der Waals surface area (Å²) in [4.78, 5) is 26.0. The van der Waals surface area contributed by atoms with Crippen molar-refractivity contribution in [1.82, 2.24) is 10.2 Å². The molecule has 3 atom stereocenters. The van der Waals surface area contributed by atoms with E-state index in [0.717, 1.165) is 51.7 Å². The minimum Gasteiger partial charge on any atom is -0.371 e. The molecule has 4 fully saturated rings. The molecule has 0 aromatic rings. The van der Waals surface area contributed by atoms with E-state index in [1.807, 2.05) is 4.90 Å². The maximum atomic E-state index is 12.2. The molecule has 0 radical (unpaired) electrons. The fraction of sp³-hybridized carbons (Fsp3) is 0.889. The van der Waals surface area contributed by atoms with Crippen molar-refractivity contribution in [2.75, 3.05) is 26.2 Å². The molecule has 0 aromatic heterocycles. The van der Waals surface area contributed by atoms with Crippen LogP contribution in [0.5, 0.6) is 0 Å². The second-order valence-electron chi connectivity index (χ2n) is 8.29. The lowest BCUT2D eigenvalue weighted by Gasteiger charge is -2.53. The summed E-state index contributed by atoms with van der Waals surface area (Å²) in [6.07, 6.45) is 6.47. The summed E-state index contributed by atoms with van der Waals surface area (Å²) in [6.45, 7) is 5.16. The average molecular weight is 320 g/mol. The lowest BCUT2D eigenvalue weighted by Crippen LogP contribution is -2.66. The van der Waals surface area contributed by atoms with Crippen LogP contribution in [0.4, 0.5) is 0 Å². The zero-order valence-corrected chi connectivity index (χ0v) is 14.1. The zero-order chi connectivity index (χ0) is 16.0. The van der Waals surface area contributed by atoms with Crippen LogP contribution in [0.3, 0.4) is 0 Å². The number of amides is 2. The van der Waals surface area contributed by atoms with Crippen molar-refractivity contribution in [2.24, 2.45) is 23.7 Å². The van der Waals surface area contributed by atoms with E-state index in [9.17, 15) is 9.59 Å². The van der Waals surface area contributed by atoms with E-state index < -0.39 is 0 Å². The van der Waals surface area contributed by atoms with Crippen LogP contribution in [-0.2, 0) is 14.3 Å². The number of carbonyl (C=O) groups excluding carboxylic acids is 2. The minimum absolute atomic E-state index is 0.0811. The van der Waals surface area contributed by atoms with Gasteiger partial charge in [0.1, 0.15) is 5.60 Å². The summed E-state index contributed by atoms with van der Waals surface area (Å²) < 4.78 is 6.11. The first-order chi connectivity index (χ1) is 11.1. The molecule has 4 aliphatic rings. The third-order valence-corrected chi connectivity index (χ3v) is 6.37. The number of nitrogens with zero attached hydrogens (tertiary/aromatic N) is 1. The maximum Gasteiger partial charge on any atom is 0.226 e. The van der Waals surface area contributed by atoms with Gasteiger partial charge in [-0.3, -0.25) is 9.59 Å². The number of hydrogen-bond acceptors (Lipinski definition) is 3. The van der Waals surface area contributed by atoms with Crippen LogP contribution in [0.25, 0.3) is 0 Å². The minimum atomic E-state index is -0.0811. The molecule has 23 heavy (non-hydrogen) atoms. The molecule has 0 aromatic carbocycles. The molecule has 1 N–H and O–H groups in total. The highest BCUT2D eigenvalue weighted by atomic mass is 16.5. The molecule has 4 rings (SSSR count). The van der Waals surface area contributed by atoms with Crippen LogP contribution in [0.15, 0.2) is 0 Å². The summed E-state index contributed by atoms with van der Waals surface area (Å²) in [5, 5.41) is 3.09. The van der Waals surface area contributed by atoms with Gasteiger partial charge in [-0.2, -0.15) is 0 Å². The van der Waals surface area contributed by atoms with E-state index in [-0.39, 0.29) is 23.3 Å². The van der Waals surface area contributed by atoms with Crippen molar-refractivity contribution in [2.45, 2.75) is 51.0 Å². The smallest absolute Gasteiger partial charge is 0.226 e. The van der Waals surface area contributed by atoms with Crippen LogP contribution in [0.2, 0.25) is 0 Å². The Kier molecular flexibility index (Phi) is 3.87. The number of likely N-dealkylation sites (tertiary alicyclic amines) is 1. The van der Waals surface area contributed by atoms with Crippen LogP contribution in [-0.4, -0.2) is 48.6 Å². The number of rotatable bonds is 4. The molecule has 0 bridgehead atoms. The SMILES string of the molecule is CC1CC1C(=O)N1CC2(CCC(CNC(=O)C3CCC3)CO2)C1. The number of ether oxygens (including phenoxy) is 1. The molecule has 2 aliphatic carbocycles. The first-order valence-electron chi connectivity index (χ1n) is 9.27. The van der Waals surface area contributed by atoms with Crippen molar-refractivity contribution in [3.8, 4) is 0 Å². The van der Waals surface area contributed by atoms with E-state index in [1.54, 1.807) is 0 Å². The lowest BCUT2D eigenvalue weighted by atomic mass is 9.82. The van der Waals surface area contributed by atoms with Gasteiger partial charge in [0.15, 0.2) is 0 Å². The number of carbonyl (C=O) groups is 2. The fourth-order valence-corrected chi connectivity index (χ4v) is 4.09. The summed E-state index contributed by atoms with van der Waals surface area (Å²) in [5.41, 5.74) is -0.0811. The van der Waals surface area contributed by atoms with E-state index in [2.05, 4.69) is 12.2 Å². The van der Waals surface area contributed by atoms with Crippen molar-refractivity contribution in [3.63, 3.8) is 0 Å². The molecule has 2 saturated carbocycles. The lowest BCUT2D eigenvalue weighted by molar-refractivity contribution is -0.189. The van der Waals surface area contributed by atoms with Gasteiger partial charge in [0, 0.05) is 18.4 Å². The highest BCUT2D eigenvalue weighted by Crippen LogP contribution is 2.43. The third-order valence-electron chi connectivity index (χ3n) is 6.37. The van der Waals surface area contributed by atoms with Gasteiger partial charge in [0.05, 0.1) is 19.7 Å². The van der Waals surface area contributed by atoms with Gasteiger partial charge in [-0.15, -0.1) is 0 Å². The number of hydrogen-bond donors (Lipinski definition) is 1. The first kappa shape index (κ1) is 15.4. The standard InChI is InChI=1S/C18H28N2O3/c1-12-7-15(12)17(22)20-10-18(11-20)6-5-13(9-23-18)8-19-16(21)14-3-2-4-14/h12-15H,2-11H2,1H3,(H,19,21). The molecular formula is C18H28N2O3. The Labute approximate surface area is 138 Å². The van der Waals surface area contributed by atoms with Crippen molar-refractivity contribution in [1.29, 1.82) is 0 Å². The van der Waals surface area contributed by atoms with E-state index in [4.69, 9.17) is 4.74 Å². The van der Waals surface area contributed by atoms with E-state index in [1.165, 1.54) is 6.42 Å². The Morgan fingerprint density at radius 3 is 2.52 bits per heavy atom. The van der Waals surface area contributed by atoms with Crippen LogP contribution in [0.1, 0.15) is 45.4 Å². The highest BCUT2D eigenvalue weighted by molar-refractivity contribution is 5.82. The highest BCUT2D eigenvalue weighted by Gasteiger charge is 2.52. The van der Waals surface area contributed by atoms with Crippen molar-refractivity contribution < 1.29 is 14.3 Å². The van der Waals surface area contributed by atoms with E-state index >= 15 is 0 Å². The Morgan fingerprint density at radius 1 is 1.26 bits per heavy atom. The Balaban J connectivity index is 1.17. The number of nitrogens with one attached hydrogen (secondary N) is 1. The third kappa shape index (κ3) is 3.00. The maximum absolute atomic E-state index is 12.2. The molecule has 5 nitrogen and oxygen atoms in total. The van der Waals surface area contributed by atoms with Gasteiger partial charge in [-0.25, -0.2) is 0 Å². The monoisotopic (exact) mass is 320 g/mol. The Hall–Kier alpha value is -1.10. The molecule has 5 heteroatoms. The fourth-order valence-electron chi connectivity index (χ4n) is 4.09. The van der Waals surface area contributed by atoms with Crippen LogP contribution >= 0.6 is 0 Å². The predicted octanol–water partition coefficient (Wildman–Crippen LogP) is 1.57. The summed E-state index contributed by atoms with van der Waals surface area (Å²) in [7, 11) is 0. The summed E-state index contributed by atoms with van der Waals surface area (Å²) in [5.74, 6) is 2.12. The molecule has 1 spiro atoms. The summed E-state index contributed by atoms with van der Waals surface area (Å²) >= 11 is 0. The quantitative estimate of drug-likeness (QED) is 0.855. The largest absolute Gasteiger partial charge is 0.371 e.